The lowest BCUT2D eigenvalue weighted by Gasteiger charge is -2.14. The average Bonchev–Trinajstić information content (AvgIpc) is 2.66. The first-order chi connectivity index (χ1) is 11.8. The van der Waals surface area contributed by atoms with Gasteiger partial charge in [0, 0.05) is 5.56 Å². The molecule has 0 saturated heterocycles. The van der Waals surface area contributed by atoms with Crippen LogP contribution in [0.15, 0.2) is 78.9 Å². The van der Waals surface area contributed by atoms with Gasteiger partial charge in [0.15, 0.2) is 0 Å². The van der Waals surface area contributed by atoms with Crippen molar-refractivity contribution in [2.24, 2.45) is 0 Å². The summed E-state index contributed by atoms with van der Waals surface area (Å²) in [7, 11) is 1.42. The Morgan fingerprint density at radius 3 is 2.08 bits per heavy atom. The number of esters is 1. The van der Waals surface area contributed by atoms with Gasteiger partial charge in [-0.2, -0.15) is 0 Å². The number of carbonyl (C=O) groups excluding carboxylic acids is 1. The van der Waals surface area contributed by atoms with E-state index in [1.54, 1.807) is 0 Å². The molecule has 0 amide bonds. The third kappa shape index (κ3) is 2.24. The zero-order valence-corrected chi connectivity index (χ0v) is 13.3. The first kappa shape index (κ1) is 14.5. The highest BCUT2D eigenvalue weighted by Crippen LogP contribution is 2.36. The van der Waals surface area contributed by atoms with Gasteiger partial charge in [-0.25, -0.2) is 4.79 Å². The number of ether oxygens (including phenoxy) is 1. The topological polar surface area (TPSA) is 26.3 Å². The summed E-state index contributed by atoms with van der Waals surface area (Å²) in [5.41, 5.74) is 2.56. The van der Waals surface area contributed by atoms with E-state index in [-0.39, 0.29) is 5.97 Å². The molecule has 0 saturated carbocycles. The van der Waals surface area contributed by atoms with Crippen molar-refractivity contribution in [1.29, 1.82) is 0 Å². The molecule has 0 aliphatic heterocycles. The van der Waals surface area contributed by atoms with Gasteiger partial charge in [0.1, 0.15) is 0 Å². The minimum absolute atomic E-state index is 0.316. The fourth-order valence-corrected chi connectivity index (χ4v) is 3.29. The number of benzene rings is 4. The van der Waals surface area contributed by atoms with Crippen molar-refractivity contribution < 1.29 is 9.53 Å². The van der Waals surface area contributed by atoms with E-state index in [1.807, 2.05) is 42.5 Å². The Kier molecular flexibility index (Phi) is 3.51. The van der Waals surface area contributed by atoms with Crippen LogP contribution < -0.4 is 0 Å². The van der Waals surface area contributed by atoms with Crippen LogP contribution in [0.25, 0.3) is 32.7 Å². The summed E-state index contributed by atoms with van der Waals surface area (Å²) in [6.07, 6.45) is 0. The Morgan fingerprint density at radius 2 is 1.33 bits per heavy atom. The molecule has 0 N–H and O–H groups in total. The molecular formula is C22H16O2. The number of carbonyl (C=O) groups is 1. The largest absolute Gasteiger partial charge is 0.465 e. The molecule has 0 unspecified atom stereocenters. The summed E-state index contributed by atoms with van der Waals surface area (Å²) in [4.78, 5) is 12.4. The SMILES string of the molecule is COC(=O)c1ccc2ccccc2c1-c1cccc2ccccc12. The molecule has 0 aromatic heterocycles. The summed E-state index contributed by atoms with van der Waals surface area (Å²) >= 11 is 0. The Balaban J connectivity index is 2.16. The first-order valence-corrected chi connectivity index (χ1v) is 7.88. The maximum absolute atomic E-state index is 12.4. The summed E-state index contributed by atoms with van der Waals surface area (Å²) in [6, 6.07) is 26.3. The van der Waals surface area contributed by atoms with E-state index in [1.165, 1.54) is 7.11 Å². The highest BCUT2D eigenvalue weighted by Gasteiger charge is 2.17. The Hall–Kier alpha value is -3.13. The quantitative estimate of drug-likeness (QED) is 0.460. The van der Waals surface area contributed by atoms with Crippen molar-refractivity contribution in [2.75, 3.05) is 7.11 Å². The van der Waals surface area contributed by atoms with E-state index in [0.717, 1.165) is 32.7 Å². The van der Waals surface area contributed by atoms with Crippen LogP contribution >= 0.6 is 0 Å². The van der Waals surface area contributed by atoms with Crippen LogP contribution in [0.3, 0.4) is 0 Å². The van der Waals surface area contributed by atoms with Crippen LogP contribution in [-0.2, 0) is 4.74 Å². The van der Waals surface area contributed by atoms with Crippen molar-refractivity contribution >= 4 is 27.5 Å². The van der Waals surface area contributed by atoms with Crippen LogP contribution in [-0.4, -0.2) is 13.1 Å². The van der Waals surface area contributed by atoms with Gasteiger partial charge in [0.25, 0.3) is 0 Å². The Morgan fingerprint density at radius 1 is 0.708 bits per heavy atom. The van der Waals surface area contributed by atoms with E-state index in [0.29, 0.717) is 5.56 Å². The number of rotatable bonds is 2. The van der Waals surface area contributed by atoms with Crippen LogP contribution in [0.4, 0.5) is 0 Å². The highest BCUT2D eigenvalue weighted by molar-refractivity contribution is 6.12. The molecule has 0 fully saturated rings. The van der Waals surface area contributed by atoms with E-state index in [4.69, 9.17) is 4.74 Å². The lowest BCUT2D eigenvalue weighted by molar-refractivity contribution is 0.0602. The number of fused-ring (bicyclic) bond motifs is 2. The van der Waals surface area contributed by atoms with E-state index in [9.17, 15) is 4.79 Å². The minimum atomic E-state index is -0.316. The van der Waals surface area contributed by atoms with Gasteiger partial charge in [-0.3, -0.25) is 0 Å². The molecule has 0 bridgehead atoms. The molecule has 2 nitrogen and oxygen atoms in total. The molecule has 0 spiro atoms. The maximum atomic E-state index is 12.4. The molecule has 2 heteroatoms. The predicted molar refractivity (Wildman–Crippen MR) is 98.2 cm³/mol. The number of methoxy groups -OCH3 is 1. The van der Waals surface area contributed by atoms with Gasteiger partial charge in [0.2, 0.25) is 0 Å². The summed E-state index contributed by atoms with van der Waals surface area (Å²) < 4.78 is 5.02. The second-order valence-electron chi connectivity index (χ2n) is 5.73. The zero-order valence-electron chi connectivity index (χ0n) is 13.3. The van der Waals surface area contributed by atoms with Gasteiger partial charge >= 0.3 is 5.97 Å². The van der Waals surface area contributed by atoms with Crippen molar-refractivity contribution in [1.82, 2.24) is 0 Å². The second-order valence-corrected chi connectivity index (χ2v) is 5.73. The molecule has 0 aliphatic rings. The minimum Gasteiger partial charge on any atom is -0.465 e. The normalized spacial score (nSPS) is 10.9. The van der Waals surface area contributed by atoms with E-state index >= 15 is 0 Å². The van der Waals surface area contributed by atoms with Gasteiger partial charge in [-0.1, -0.05) is 72.8 Å². The average molecular weight is 312 g/mol. The standard InChI is InChI=1S/C22H16O2/c1-24-22(23)20-14-13-16-8-3-5-11-18(16)21(20)19-12-6-9-15-7-2-4-10-17(15)19/h2-14H,1H3. The molecule has 0 atom stereocenters. The second kappa shape index (κ2) is 5.82. The van der Waals surface area contributed by atoms with Gasteiger partial charge in [0.05, 0.1) is 12.7 Å². The third-order valence-corrected chi connectivity index (χ3v) is 4.39. The van der Waals surface area contributed by atoms with Crippen LogP contribution in [0.2, 0.25) is 0 Å². The smallest absolute Gasteiger partial charge is 0.338 e. The Bertz CT molecular complexity index is 1060. The molecule has 0 radical (unpaired) electrons. The fourth-order valence-electron chi connectivity index (χ4n) is 3.29. The van der Waals surface area contributed by atoms with Crippen molar-refractivity contribution in [3.05, 3.63) is 84.4 Å². The molecule has 24 heavy (non-hydrogen) atoms. The van der Waals surface area contributed by atoms with Crippen LogP contribution in [0, 0.1) is 0 Å². The molecule has 4 aromatic carbocycles. The van der Waals surface area contributed by atoms with E-state index < -0.39 is 0 Å². The number of hydrogen-bond donors (Lipinski definition) is 0. The monoisotopic (exact) mass is 312 g/mol. The molecule has 0 heterocycles. The third-order valence-electron chi connectivity index (χ3n) is 4.39. The van der Waals surface area contributed by atoms with Gasteiger partial charge < -0.3 is 4.74 Å². The predicted octanol–water partition coefficient (Wildman–Crippen LogP) is 5.45. The maximum Gasteiger partial charge on any atom is 0.338 e. The summed E-state index contributed by atoms with van der Waals surface area (Å²) in [6.45, 7) is 0. The van der Waals surface area contributed by atoms with E-state index in [2.05, 4.69) is 36.4 Å². The number of hydrogen-bond acceptors (Lipinski definition) is 2. The first-order valence-electron chi connectivity index (χ1n) is 7.88. The molecule has 4 aromatic rings. The Labute approximate surface area is 140 Å². The van der Waals surface area contributed by atoms with Crippen LogP contribution in [0.5, 0.6) is 0 Å². The lowest BCUT2D eigenvalue weighted by Crippen LogP contribution is -2.04. The van der Waals surface area contributed by atoms with Crippen molar-refractivity contribution in [3.8, 4) is 11.1 Å². The van der Waals surface area contributed by atoms with Gasteiger partial charge in [-0.15, -0.1) is 0 Å². The lowest BCUT2D eigenvalue weighted by atomic mass is 9.90. The summed E-state index contributed by atoms with van der Waals surface area (Å²) in [5, 5.41) is 4.44. The van der Waals surface area contributed by atoms with Crippen LogP contribution in [0.1, 0.15) is 10.4 Å². The van der Waals surface area contributed by atoms with Crippen molar-refractivity contribution in [2.45, 2.75) is 0 Å². The molecular weight excluding hydrogens is 296 g/mol. The summed E-state index contributed by atoms with van der Waals surface area (Å²) in [5.74, 6) is -0.316. The highest BCUT2D eigenvalue weighted by atomic mass is 16.5. The van der Waals surface area contributed by atoms with Gasteiger partial charge in [-0.05, 0) is 33.2 Å². The fraction of sp³-hybridized carbons (Fsp3) is 0.0455. The molecule has 4 rings (SSSR count). The van der Waals surface area contributed by atoms with Crippen molar-refractivity contribution in [3.63, 3.8) is 0 Å². The molecule has 116 valence electrons. The molecule has 0 aliphatic carbocycles. The zero-order chi connectivity index (χ0) is 16.5.